The molecule has 0 saturated heterocycles. The van der Waals surface area contributed by atoms with E-state index >= 15 is 0 Å². The van der Waals surface area contributed by atoms with E-state index in [-0.39, 0.29) is 5.78 Å². The number of aromatic nitrogens is 1. The Kier molecular flexibility index (Phi) is 3.60. The lowest BCUT2D eigenvalue weighted by atomic mass is 9.94. The lowest BCUT2D eigenvalue weighted by Gasteiger charge is -2.22. The number of esters is 1. The number of nitrogens with zero attached hydrogens (tertiary/aromatic N) is 1. The fraction of sp³-hybridized carbons (Fsp3) is 0.294. The average Bonchev–Trinajstić information content (AvgIpc) is 2.87. The third-order valence-electron chi connectivity index (χ3n) is 3.78. The molecule has 1 aromatic carbocycles. The van der Waals surface area contributed by atoms with E-state index in [9.17, 15) is 9.59 Å². The van der Waals surface area contributed by atoms with Gasteiger partial charge in [0.1, 0.15) is 0 Å². The number of hydrogen-bond acceptors (Lipinski definition) is 3. The first kappa shape index (κ1) is 13.6. The quantitative estimate of drug-likeness (QED) is 0.813. The number of carbonyl (C=O) groups excluding carboxylic acids is 2. The van der Waals surface area contributed by atoms with Gasteiger partial charge in [0.25, 0.3) is 0 Å². The minimum atomic E-state index is -0.623. The molecule has 108 valence electrons. The summed E-state index contributed by atoms with van der Waals surface area (Å²) in [5, 5.41) is 0. The van der Waals surface area contributed by atoms with Gasteiger partial charge in [0.15, 0.2) is 6.10 Å². The van der Waals surface area contributed by atoms with Crippen LogP contribution < -0.4 is 0 Å². The Hall–Kier alpha value is -2.36. The molecule has 0 amide bonds. The second-order valence-electron chi connectivity index (χ2n) is 5.29. The van der Waals surface area contributed by atoms with Gasteiger partial charge in [-0.1, -0.05) is 30.3 Å². The molecule has 2 aromatic rings. The van der Waals surface area contributed by atoms with Crippen molar-refractivity contribution in [3.63, 3.8) is 0 Å². The highest BCUT2D eigenvalue weighted by Gasteiger charge is 2.31. The van der Waals surface area contributed by atoms with Crippen molar-refractivity contribution in [3.05, 3.63) is 59.4 Å². The van der Waals surface area contributed by atoms with E-state index in [2.05, 4.69) is 16.7 Å². The SMILES string of the molecule is CC(=O)OC1CCc2c(ccn2Cc2ccccc2)C1=O. The molecule has 3 rings (SSSR count). The van der Waals surface area contributed by atoms with Gasteiger partial charge in [-0.15, -0.1) is 0 Å². The third kappa shape index (κ3) is 2.75. The molecule has 1 unspecified atom stereocenters. The second kappa shape index (κ2) is 5.56. The Labute approximate surface area is 123 Å². The highest BCUT2D eigenvalue weighted by Crippen LogP contribution is 2.25. The van der Waals surface area contributed by atoms with Crippen LogP contribution in [0.2, 0.25) is 0 Å². The Morgan fingerprint density at radius 1 is 1.29 bits per heavy atom. The van der Waals surface area contributed by atoms with Crippen LogP contribution in [0.5, 0.6) is 0 Å². The maximum atomic E-state index is 12.3. The molecule has 0 spiro atoms. The molecular weight excluding hydrogens is 266 g/mol. The minimum Gasteiger partial charge on any atom is -0.454 e. The molecule has 4 heteroatoms. The van der Waals surface area contributed by atoms with E-state index in [0.717, 1.165) is 18.7 Å². The number of Topliss-reactive ketones (excluding diaryl/α,β-unsaturated/α-hetero) is 1. The smallest absolute Gasteiger partial charge is 0.303 e. The summed E-state index contributed by atoms with van der Waals surface area (Å²) in [6.07, 6.45) is 2.62. The van der Waals surface area contributed by atoms with Gasteiger partial charge in [-0.3, -0.25) is 9.59 Å². The van der Waals surface area contributed by atoms with Crippen molar-refractivity contribution in [2.75, 3.05) is 0 Å². The predicted octanol–water partition coefficient (Wildman–Crippen LogP) is 2.60. The zero-order valence-corrected chi connectivity index (χ0v) is 11.9. The van der Waals surface area contributed by atoms with Crippen LogP contribution in [0.25, 0.3) is 0 Å². The predicted molar refractivity (Wildman–Crippen MR) is 78.2 cm³/mol. The van der Waals surface area contributed by atoms with Crippen molar-refractivity contribution in [2.45, 2.75) is 32.4 Å². The van der Waals surface area contributed by atoms with Gasteiger partial charge in [-0.05, 0) is 24.5 Å². The van der Waals surface area contributed by atoms with Gasteiger partial charge in [0, 0.05) is 30.9 Å². The van der Waals surface area contributed by atoms with Gasteiger partial charge in [-0.2, -0.15) is 0 Å². The summed E-state index contributed by atoms with van der Waals surface area (Å²) in [5.41, 5.74) is 2.92. The van der Waals surface area contributed by atoms with Crippen molar-refractivity contribution in [2.24, 2.45) is 0 Å². The van der Waals surface area contributed by atoms with Crippen molar-refractivity contribution in [1.29, 1.82) is 0 Å². The molecule has 0 N–H and O–H groups in total. The zero-order chi connectivity index (χ0) is 14.8. The first-order chi connectivity index (χ1) is 10.1. The van der Waals surface area contributed by atoms with E-state index < -0.39 is 12.1 Å². The maximum Gasteiger partial charge on any atom is 0.303 e. The number of ketones is 1. The molecule has 1 atom stereocenters. The molecule has 1 aliphatic carbocycles. The Balaban J connectivity index is 1.83. The molecule has 0 aliphatic heterocycles. The van der Waals surface area contributed by atoms with E-state index in [1.807, 2.05) is 30.5 Å². The van der Waals surface area contributed by atoms with Crippen LogP contribution in [0.15, 0.2) is 42.6 Å². The van der Waals surface area contributed by atoms with Crippen LogP contribution in [0, 0.1) is 0 Å². The van der Waals surface area contributed by atoms with Crippen molar-refractivity contribution in [1.82, 2.24) is 4.57 Å². The Bertz CT molecular complexity index is 673. The summed E-state index contributed by atoms with van der Waals surface area (Å²) in [7, 11) is 0. The highest BCUT2D eigenvalue weighted by molar-refractivity contribution is 6.02. The van der Waals surface area contributed by atoms with E-state index in [1.165, 1.54) is 12.5 Å². The summed E-state index contributed by atoms with van der Waals surface area (Å²) in [6.45, 7) is 2.09. The van der Waals surface area contributed by atoms with Crippen molar-refractivity contribution >= 4 is 11.8 Å². The molecule has 21 heavy (non-hydrogen) atoms. The molecule has 4 nitrogen and oxygen atoms in total. The summed E-state index contributed by atoms with van der Waals surface area (Å²) in [6, 6.07) is 12.0. The number of carbonyl (C=O) groups is 2. The van der Waals surface area contributed by atoms with E-state index in [0.29, 0.717) is 12.0 Å². The van der Waals surface area contributed by atoms with Crippen molar-refractivity contribution in [3.8, 4) is 0 Å². The Morgan fingerprint density at radius 2 is 2.05 bits per heavy atom. The summed E-state index contributed by atoms with van der Waals surface area (Å²) in [4.78, 5) is 23.4. The Morgan fingerprint density at radius 3 is 2.76 bits per heavy atom. The summed E-state index contributed by atoms with van der Waals surface area (Å²) in [5.74, 6) is -0.487. The monoisotopic (exact) mass is 283 g/mol. The fourth-order valence-corrected chi connectivity index (χ4v) is 2.82. The number of rotatable bonds is 3. The molecule has 0 bridgehead atoms. The first-order valence-corrected chi connectivity index (χ1v) is 7.08. The standard InChI is InChI=1S/C17H17NO3/c1-12(19)21-16-8-7-15-14(17(16)20)9-10-18(15)11-13-5-3-2-4-6-13/h2-6,9-10,16H,7-8,11H2,1H3. The fourth-order valence-electron chi connectivity index (χ4n) is 2.82. The highest BCUT2D eigenvalue weighted by atomic mass is 16.5. The number of benzene rings is 1. The number of hydrogen-bond donors (Lipinski definition) is 0. The van der Waals surface area contributed by atoms with E-state index in [4.69, 9.17) is 4.74 Å². The van der Waals surface area contributed by atoms with Gasteiger partial charge < -0.3 is 9.30 Å². The second-order valence-corrected chi connectivity index (χ2v) is 5.29. The third-order valence-corrected chi connectivity index (χ3v) is 3.78. The van der Waals surface area contributed by atoms with Crippen LogP contribution in [-0.2, 0) is 22.5 Å². The molecule has 0 fully saturated rings. The molecule has 0 saturated carbocycles. The molecule has 1 aromatic heterocycles. The topological polar surface area (TPSA) is 48.3 Å². The van der Waals surface area contributed by atoms with Gasteiger partial charge >= 0.3 is 5.97 Å². The zero-order valence-electron chi connectivity index (χ0n) is 11.9. The van der Waals surface area contributed by atoms with Gasteiger partial charge in [0.2, 0.25) is 5.78 Å². The van der Waals surface area contributed by atoms with Crippen LogP contribution >= 0.6 is 0 Å². The first-order valence-electron chi connectivity index (χ1n) is 7.08. The summed E-state index contributed by atoms with van der Waals surface area (Å²) >= 11 is 0. The summed E-state index contributed by atoms with van der Waals surface area (Å²) < 4.78 is 7.19. The minimum absolute atomic E-state index is 0.0849. The van der Waals surface area contributed by atoms with Crippen LogP contribution in [0.4, 0.5) is 0 Å². The van der Waals surface area contributed by atoms with E-state index in [1.54, 1.807) is 0 Å². The molecular formula is C17H17NO3. The molecule has 0 radical (unpaired) electrons. The lowest BCUT2D eigenvalue weighted by molar-refractivity contribution is -0.144. The average molecular weight is 283 g/mol. The van der Waals surface area contributed by atoms with Crippen LogP contribution in [0.1, 0.15) is 35.0 Å². The van der Waals surface area contributed by atoms with Gasteiger partial charge in [-0.25, -0.2) is 0 Å². The maximum absolute atomic E-state index is 12.3. The number of ether oxygens (including phenoxy) is 1. The van der Waals surface area contributed by atoms with Gasteiger partial charge in [0.05, 0.1) is 0 Å². The number of fused-ring (bicyclic) bond motifs is 1. The van der Waals surface area contributed by atoms with Crippen molar-refractivity contribution < 1.29 is 14.3 Å². The molecule has 1 aliphatic rings. The largest absolute Gasteiger partial charge is 0.454 e. The van der Waals surface area contributed by atoms with Crippen LogP contribution in [-0.4, -0.2) is 22.4 Å². The molecule has 1 heterocycles. The lowest BCUT2D eigenvalue weighted by Crippen LogP contribution is -2.32. The normalized spacial score (nSPS) is 17.4. The van der Waals surface area contributed by atoms with Crippen LogP contribution in [0.3, 0.4) is 0 Å².